The van der Waals surface area contributed by atoms with Gasteiger partial charge in [0, 0.05) is 0 Å². The summed E-state index contributed by atoms with van der Waals surface area (Å²) in [4.78, 5) is 0. The van der Waals surface area contributed by atoms with Gasteiger partial charge in [-0.25, -0.2) is 0 Å². The van der Waals surface area contributed by atoms with Crippen LogP contribution in [0.5, 0.6) is 0 Å². The quantitative estimate of drug-likeness (QED) is 0.360. The van der Waals surface area contributed by atoms with Crippen LogP contribution in [-0.2, 0) is 9.05 Å². The van der Waals surface area contributed by atoms with Crippen molar-refractivity contribution in [1.29, 1.82) is 0 Å². The van der Waals surface area contributed by atoms with Crippen LogP contribution >= 0.6 is 0 Å². The van der Waals surface area contributed by atoms with Gasteiger partial charge in [0.15, 0.2) is 0 Å². The van der Waals surface area contributed by atoms with E-state index in [1.54, 1.807) is 0 Å². The van der Waals surface area contributed by atoms with E-state index in [9.17, 15) is 0 Å². The molecular formula is C16H36N2O2Si2. The molecule has 4 nitrogen and oxygen atoms in total. The molecule has 0 spiro atoms. The molecule has 130 valence electrons. The molecular weight excluding hydrogens is 308 g/mol. The molecule has 0 rings (SSSR count). The van der Waals surface area contributed by atoms with Crippen molar-refractivity contribution in [3.05, 3.63) is 0 Å². The average Bonchev–Trinajstić information content (AvgIpc) is 2.30. The van der Waals surface area contributed by atoms with Crippen LogP contribution in [0.3, 0.4) is 0 Å². The molecule has 6 heteroatoms. The summed E-state index contributed by atoms with van der Waals surface area (Å²) >= 11 is 0. The Morgan fingerprint density at radius 3 is 1.05 bits per heavy atom. The van der Waals surface area contributed by atoms with Gasteiger partial charge in [0.2, 0.25) is 0 Å². The summed E-state index contributed by atoms with van der Waals surface area (Å²) in [5.74, 6) is 0. The molecule has 0 bridgehead atoms. The van der Waals surface area contributed by atoms with Gasteiger partial charge in [0.25, 0.3) is 16.6 Å². The topological polar surface area (TPSA) is 43.2 Å². The lowest BCUT2D eigenvalue weighted by Gasteiger charge is -2.33. The Morgan fingerprint density at radius 1 is 0.636 bits per heavy atom. The monoisotopic (exact) mass is 344 g/mol. The molecule has 0 aliphatic rings. The van der Waals surface area contributed by atoms with E-state index in [0.29, 0.717) is 0 Å². The van der Waals surface area contributed by atoms with Crippen molar-refractivity contribution in [2.24, 2.45) is 10.3 Å². The van der Waals surface area contributed by atoms with Gasteiger partial charge in [0.05, 0.1) is 11.4 Å². The molecule has 0 unspecified atom stereocenters. The summed E-state index contributed by atoms with van der Waals surface area (Å²) in [6, 6.07) is 0. The number of hydrogen-bond donors (Lipinski definition) is 0. The van der Waals surface area contributed by atoms with Crippen molar-refractivity contribution < 1.29 is 9.05 Å². The first-order valence-electron chi connectivity index (χ1n) is 7.97. The SMILES string of the molecule is CC(=N/O[Si](C)(C)C(C)(C)C)/C(C)=N\O[Si](C)(C)C(C)(C)C. The molecule has 0 N–H and O–H groups in total. The molecule has 0 aliphatic heterocycles. The maximum atomic E-state index is 5.88. The molecule has 0 heterocycles. The second-order valence-electron chi connectivity index (χ2n) is 9.06. The van der Waals surface area contributed by atoms with Crippen molar-refractivity contribution in [2.45, 2.75) is 91.7 Å². The van der Waals surface area contributed by atoms with E-state index in [-0.39, 0.29) is 10.1 Å². The Morgan fingerprint density at radius 2 is 0.864 bits per heavy atom. The summed E-state index contributed by atoms with van der Waals surface area (Å²) < 4.78 is 11.8. The van der Waals surface area contributed by atoms with Crippen LogP contribution in [0.1, 0.15) is 55.4 Å². The van der Waals surface area contributed by atoms with Crippen LogP contribution in [0.25, 0.3) is 0 Å². The van der Waals surface area contributed by atoms with E-state index in [1.165, 1.54) is 0 Å². The van der Waals surface area contributed by atoms with Crippen LogP contribution in [0.15, 0.2) is 10.3 Å². The molecule has 0 atom stereocenters. The predicted octanol–water partition coefficient (Wildman–Crippen LogP) is 5.78. The summed E-state index contributed by atoms with van der Waals surface area (Å²) in [5, 5.41) is 8.89. The highest BCUT2D eigenvalue weighted by atomic mass is 28.4. The highest BCUT2D eigenvalue weighted by molar-refractivity contribution is 6.74. The first-order chi connectivity index (χ1) is 9.51. The van der Waals surface area contributed by atoms with E-state index in [2.05, 4.69) is 78.0 Å². The van der Waals surface area contributed by atoms with Gasteiger partial charge >= 0.3 is 0 Å². The smallest absolute Gasteiger partial charge is 0.286 e. The fourth-order valence-corrected chi connectivity index (χ4v) is 2.05. The van der Waals surface area contributed by atoms with Gasteiger partial charge in [-0.3, -0.25) is 0 Å². The third-order valence-electron chi connectivity index (χ3n) is 4.96. The average molecular weight is 345 g/mol. The predicted molar refractivity (Wildman–Crippen MR) is 103 cm³/mol. The summed E-state index contributed by atoms with van der Waals surface area (Å²) in [6.07, 6.45) is 0. The Balaban J connectivity index is 4.98. The van der Waals surface area contributed by atoms with Crippen LogP contribution in [-0.4, -0.2) is 28.1 Å². The number of nitrogens with zero attached hydrogens (tertiary/aromatic N) is 2. The lowest BCUT2D eigenvalue weighted by atomic mass is 10.2. The minimum absolute atomic E-state index is 0.138. The van der Waals surface area contributed by atoms with E-state index in [1.807, 2.05) is 13.8 Å². The molecule has 0 fully saturated rings. The van der Waals surface area contributed by atoms with Crippen molar-refractivity contribution in [1.82, 2.24) is 0 Å². The highest BCUT2D eigenvalue weighted by Crippen LogP contribution is 2.37. The molecule has 0 radical (unpaired) electrons. The summed E-state index contributed by atoms with van der Waals surface area (Å²) in [7, 11) is -3.76. The van der Waals surface area contributed by atoms with Crippen LogP contribution < -0.4 is 0 Å². The van der Waals surface area contributed by atoms with Gasteiger partial charge in [-0.05, 0) is 50.1 Å². The van der Waals surface area contributed by atoms with Gasteiger partial charge in [0.1, 0.15) is 0 Å². The largest absolute Gasteiger partial charge is 0.455 e. The Bertz CT molecular complexity index is 400. The zero-order chi connectivity index (χ0) is 18.0. The third kappa shape index (κ3) is 5.87. The molecule has 0 aromatic heterocycles. The molecule has 0 saturated carbocycles. The van der Waals surface area contributed by atoms with Gasteiger partial charge in [-0.15, -0.1) is 10.3 Å². The first kappa shape index (κ1) is 21.4. The van der Waals surface area contributed by atoms with Crippen LogP contribution in [0, 0.1) is 0 Å². The maximum absolute atomic E-state index is 5.88. The van der Waals surface area contributed by atoms with E-state index < -0.39 is 16.6 Å². The fourth-order valence-electron chi connectivity index (χ4n) is 0.771. The van der Waals surface area contributed by atoms with Crippen LogP contribution in [0.2, 0.25) is 36.3 Å². The summed E-state index contributed by atoms with van der Waals surface area (Å²) in [6.45, 7) is 25.8. The van der Waals surface area contributed by atoms with Crippen molar-refractivity contribution in [3.63, 3.8) is 0 Å². The van der Waals surface area contributed by atoms with E-state index >= 15 is 0 Å². The molecule has 0 aromatic rings. The normalized spacial score (nSPS) is 15.8. The van der Waals surface area contributed by atoms with E-state index in [4.69, 9.17) is 9.05 Å². The zero-order valence-electron chi connectivity index (χ0n) is 16.7. The minimum atomic E-state index is -1.88. The Labute approximate surface area is 139 Å². The number of rotatable bonds is 5. The Hall–Kier alpha value is -0.626. The molecule has 0 saturated heterocycles. The highest BCUT2D eigenvalue weighted by Gasteiger charge is 2.40. The minimum Gasteiger partial charge on any atom is -0.455 e. The third-order valence-corrected chi connectivity index (χ3v) is 13.3. The van der Waals surface area contributed by atoms with Crippen LogP contribution in [0.4, 0.5) is 0 Å². The standard InChI is InChI=1S/C16H36N2O2Si2/c1-13(17-19-21(9,10)15(3,4)5)14(2)18-20-22(11,12)16(6,7)8/h1-12H3/b17-13-,18-14-. The lowest BCUT2D eigenvalue weighted by molar-refractivity contribution is 0.303. The zero-order valence-corrected chi connectivity index (χ0v) is 18.7. The van der Waals surface area contributed by atoms with Gasteiger partial charge < -0.3 is 9.05 Å². The van der Waals surface area contributed by atoms with Gasteiger partial charge in [-0.2, -0.15) is 0 Å². The van der Waals surface area contributed by atoms with Crippen molar-refractivity contribution >= 4 is 28.1 Å². The second kappa shape index (κ2) is 6.87. The first-order valence-corrected chi connectivity index (χ1v) is 13.8. The maximum Gasteiger partial charge on any atom is 0.286 e. The van der Waals surface area contributed by atoms with Crippen molar-refractivity contribution in [2.75, 3.05) is 0 Å². The van der Waals surface area contributed by atoms with E-state index in [0.717, 1.165) is 11.4 Å². The van der Waals surface area contributed by atoms with Crippen molar-refractivity contribution in [3.8, 4) is 0 Å². The molecule has 22 heavy (non-hydrogen) atoms. The lowest BCUT2D eigenvalue weighted by Crippen LogP contribution is -2.40. The number of hydrogen-bond acceptors (Lipinski definition) is 4. The Kier molecular flexibility index (Phi) is 6.67. The summed E-state index contributed by atoms with van der Waals surface area (Å²) in [5.41, 5.74) is 1.56. The number of oxime groups is 2. The molecule has 0 amide bonds. The van der Waals surface area contributed by atoms with Gasteiger partial charge in [-0.1, -0.05) is 41.5 Å². The second-order valence-corrected chi connectivity index (χ2v) is 18.5. The molecule has 0 aliphatic carbocycles. The fraction of sp³-hybridized carbons (Fsp3) is 0.875. The molecule has 0 aromatic carbocycles.